The number of aromatic amines is 1. The van der Waals surface area contributed by atoms with Crippen molar-refractivity contribution in [2.24, 2.45) is 0 Å². The molecule has 0 radical (unpaired) electrons. The molecule has 0 atom stereocenters. The summed E-state index contributed by atoms with van der Waals surface area (Å²) in [5.41, 5.74) is 3.78. The van der Waals surface area contributed by atoms with Gasteiger partial charge in [0.15, 0.2) is 0 Å². The van der Waals surface area contributed by atoms with Crippen LogP contribution in [0.15, 0.2) is 42.7 Å². The number of phenolic OH excluding ortho intramolecular Hbond substituents is 1. The summed E-state index contributed by atoms with van der Waals surface area (Å²) < 4.78 is 0. The highest BCUT2D eigenvalue weighted by Gasteiger charge is 2.22. The fourth-order valence-corrected chi connectivity index (χ4v) is 2.81. The minimum Gasteiger partial charge on any atom is -0.505 e. The van der Waals surface area contributed by atoms with Crippen LogP contribution < -0.4 is 0 Å². The molecule has 0 spiro atoms. The quantitative estimate of drug-likeness (QED) is 0.513. The number of fused-ring (bicyclic) bond motifs is 1. The number of aromatic nitrogens is 6. The van der Waals surface area contributed by atoms with E-state index in [1.165, 1.54) is 4.80 Å². The second-order valence-electron chi connectivity index (χ2n) is 7.21. The van der Waals surface area contributed by atoms with E-state index in [9.17, 15) is 5.11 Å². The summed E-state index contributed by atoms with van der Waals surface area (Å²) in [5, 5.41) is 29.4. The minimum atomic E-state index is -0.166. The zero-order valence-electron chi connectivity index (χ0n) is 15.6. The average Bonchev–Trinajstić information content (AvgIpc) is 3.27. The molecule has 2 aromatic heterocycles. The summed E-state index contributed by atoms with van der Waals surface area (Å²) in [6, 6.07) is 9.24. The highest BCUT2D eigenvalue weighted by molar-refractivity contribution is 6.31. The van der Waals surface area contributed by atoms with Crippen LogP contribution in [0, 0.1) is 6.92 Å². The van der Waals surface area contributed by atoms with Crippen LogP contribution in [0.2, 0.25) is 5.02 Å². The topological polar surface area (TPSA) is 92.5 Å². The smallest absolute Gasteiger partial charge is 0.146 e. The van der Waals surface area contributed by atoms with Crippen LogP contribution in [0.3, 0.4) is 0 Å². The predicted molar refractivity (Wildman–Crippen MR) is 105 cm³/mol. The van der Waals surface area contributed by atoms with E-state index in [4.69, 9.17) is 11.6 Å². The Morgan fingerprint density at radius 2 is 1.81 bits per heavy atom. The molecule has 2 N–H and O–H groups in total. The van der Waals surface area contributed by atoms with Crippen molar-refractivity contribution in [2.45, 2.75) is 33.1 Å². The molecule has 0 bridgehead atoms. The third kappa shape index (κ3) is 4.25. The second kappa shape index (κ2) is 7.36. The molecule has 4 aromatic rings. The Balaban J connectivity index is 0.000000364. The van der Waals surface area contributed by atoms with E-state index in [2.05, 4.69) is 46.4 Å². The number of phenols is 1. The van der Waals surface area contributed by atoms with E-state index in [0.29, 0.717) is 16.2 Å². The van der Waals surface area contributed by atoms with Gasteiger partial charge in [-0.25, -0.2) is 0 Å². The van der Waals surface area contributed by atoms with Crippen molar-refractivity contribution in [1.82, 2.24) is 30.4 Å². The number of rotatable bonds is 1. The van der Waals surface area contributed by atoms with Crippen LogP contribution in [0.4, 0.5) is 0 Å². The van der Waals surface area contributed by atoms with Gasteiger partial charge in [0.1, 0.15) is 22.5 Å². The Morgan fingerprint density at radius 3 is 2.41 bits per heavy atom. The summed E-state index contributed by atoms with van der Waals surface area (Å²) >= 11 is 5.99. The number of aromatic hydroxyl groups is 1. The van der Waals surface area contributed by atoms with Crippen molar-refractivity contribution in [2.75, 3.05) is 0 Å². The van der Waals surface area contributed by atoms with Crippen molar-refractivity contribution in [3.8, 4) is 11.4 Å². The second-order valence-corrected chi connectivity index (χ2v) is 7.65. The molecular formula is C19H21ClN6O. The van der Waals surface area contributed by atoms with Crippen LogP contribution in [0.1, 0.15) is 31.9 Å². The van der Waals surface area contributed by atoms with Crippen LogP contribution in [0.25, 0.3) is 16.7 Å². The number of hydrogen-bond acceptors (Lipinski definition) is 5. The van der Waals surface area contributed by atoms with Gasteiger partial charge in [-0.3, -0.25) is 5.10 Å². The highest BCUT2D eigenvalue weighted by atomic mass is 35.5. The lowest BCUT2D eigenvalue weighted by atomic mass is 9.85. The molecule has 2 aromatic carbocycles. The van der Waals surface area contributed by atoms with Gasteiger partial charge in [-0.05, 0) is 42.2 Å². The molecule has 0 aliphatic carbocycles. The van der Waals surface area contributed by atoms with Gasteiger partial charge in [-0.15, -0.1) is 20.1 Å². The average molecular weight is 385 g/mol. The Kier molecular flexibility index (Phi) is 5.14. The zero-order valence-corrected chi connectivity index (χ0v) is 16.4. The van der Waals surface area contributed by atoms with Crippen molar-refractivity contribution < 1.29 is 5.11 Å². The molecule has 0 saturated heterocycles. The van der Waals surface area contributed by atoms with Gasteiger partial charge in [-0.1, -0.05) is 43.7 Å². The fourth-order valence-electron chi connectivity index (χ4n) is 2.65. The number of hydrogen-bond donors (Lipinski definition) is 2. The van der Waals surface area contributed by atoms with Gasteiger partial charge in [-0.2, -0.15) is 0 Å². The van der Waals surface area contributed by atoms with Crippen LogP contribution in [-0.2, 0) is 5.41 Å². The number of halogens is 1. The lowest BCUT2D eigenvalue weighted by Gasteiger charge is -2.22. The molecule has 2 heterocycles. The van der Waals surface area contributed by atoms with Crippen molar-refractivity contribution >= 4 is 22.6 Å². The third-order valence-corrected chi connectivity index (χ3v) is 4.17. The Labute approximate surface area is 162 Å². The molecule has 0 fully saturated rings. The molecule has 27 heavy (non-hydrogen) atoms. The Bertz CT molecular complexity index is 1030. The summed E-state index contributed by atoms with van der Waals surface area (Å²) in [6.07, 6.45) is 3.24. The maximum absolute atomic E-state index is 10.7. The number of H-pyrrole nitrogens is 1. The lowest BCUT2D eigenvalue weighted by molar-refractivity contribution is 0.440. The fraction of sp³-hybridized carbons (Fsp3) is 0.263. The summed E-state index contributed by atoms with van der Waals surface area (Å²) in [6.45, 7) is 8.20. The van der Waals surface area contributed by atoms with E-state index >= 15 is 0 Å². The first-order valence-electron chi connectivity index (χ1n) is 8.43. The van der Waals surface area contributed by atoms with Crippen LogP contribution in [0.5, 0.6) is 5.75 Å². The first kappa shape index (κ1) is 18.8. The zero-order chi connectivity index (χ0) is 19.6. The Morgan fingerprint density at radius 1 is 1.07 bits per heavy atom. The lowest BCUT2D eigenvalue weighted by Crippen LogP contribution is -2.13. The molecule has 7 nitrogen and oxygen atoms in total. The van der Waals surface area contributed by atoms with Crippen molar-refractivity contribution in [1.29, 1.82) is 0 Å². The highest BCUT2D eigenvalue weighted by Crippen LogP contribution is 2.36. The molecule has 4 rings (SSSR count). The van der Waals surface area contributed by atoms with Gasteiger partial charge in [0.2, 0.25) is 0 Å². The maximum atomic E-state index is 10.7. The van der Waals surface area contributed by atoms with Crippen LogP contribution in [-0.4, -0.2) is 35.5 Å². The number of nitrogens with zero attached hydrogens (tertiary/aromatic N) is 5. The molecule has 0 amide bonds. The first-order valence-corrected chi connectivity index (χ1v) is 8.81. The van der Waals surface area contributed by atoms with Gasteiger partial charge in [0.05, 0.1) is 6.20 Å². The maximum Gasteiger partial charge on any atom is 0.146 e. The molecule has 0 saturated carbocycles. The van der Waals surface area contributed by atoms with E-state index in [1.807, 2.05) is 25.1 Å². The number of nitrogens with one attached hydrogen (secondary N) is 1. The minimum absolute atomic E-state index is 0.166. The molecule has 0 aliphatic heterocycles. The molecular weight excluding hydrogens is 364 g/mol. The number of benzene rings is 2. The standard InChI is InChI=1S/C17H18ClN3O.C2H3N3/c1-10-7-12(17(2,3)4)16(22)15(8-10)21-19-13-6-5-11(18)9-14(13)20-21;1-2-4-5-3-1/h5-9,22H,1-4H3;1-2H,(H,3,4,5). The Hall–Kier alpha value is -2.93. The van der Waals surface area contributed by atoms with Gasteiger partial charge >= 0.3 is 0 Å². The predicted octanol–water partition coefficient (Wildman–Crippen LogP) is 4.19. The first-order chi connectivity index (χ1) is 12.8. The SMILES string of the molecule is Cc1cc(-n2nc3ccc(Cl)cc3n2)c(O)c(C(C)(C)C)c1.c1c[nH]nn1. The number of aryl methyl sites for hydroxylation is 1. The van der Waals surface area contributed by atoms with E-state index < -0.39 is 0 Å². The third-order valence-electron chi connectivity index (χ3n) is 3.93. The largest absolute Gasteiger partial charge is 0.505 e. The van der Waals surface area contributed by atoms with E-state index in [-0.39, 0.29) is 11.2 Å². The summed E-state index contributed by atoms with van der Waals surface area (Å²) in [5.74, 6) is 0.213. The summed E-state index contributed by atoms with van der Waals surface area (Å²) in [4.78, 5) is 1.47. The normalized spacial score (nSPS) is 11.3. The monoisotopic (exact) mass is 384 g/mol. The molecule has 0 unspecified atom stereocenters. The van der Waals surface area contributed by atoms with Gasteiger partial charge in [0.25, 0.3) is 0 Å². The van der Waals surface area contributed by atoms with Gasteiger partial charge in [0, 0.05) is 16.8 Å². The van der Waals surface area contributed by atoms with Crippen molar-refractivity contribution in [3.63, 3.8) is 0 Å². The summed E-state index contributed by atoms with van der Waals surface area (Å²) in [7, 11) is 0. The molecule has 0 aliphatic rings. The molecule has 8 heteroatoms. The van der Waals surface area contributed by atoms with Crippen LogP contribution >= 0.6 is 11.6 Å². The molecule has 140 valence electrons. The van der Waals surface area contributed by atoms with Crippen molar-refractivity contribution in [3.05, 3.63) is 58.9 Å². The van der Waals surface area contributed by atoms with E-state index in [0.717, 1.165) is 16.6 Å². The van der Waals surface area contributed by atoms with Gasteiger partial charge < -0.3 is 5.11 Å². The van der Waals surface area contributed by atoms with E-state index in [1.54, 1.807) is 24.5 Å².